The lowest BCUT2D eigenvalue weighted by atomic mass is 9.97. The molecule has 5 nitrogen and oxygen atoms in total. The van der Waals surface area contributed by atoms with Gasteiger partial charge in [0.05, 0.1) is 0 Å². The third-order valence-corrected chi connectivity index (χ3v) is 5.78. The number of piperidine rings is 1. The van der Waals surface area contributed by atoms with E-state index in [4.69, 9.17) is 0 Å². The van der Waals surface area contributed by atoms with Crippen LogP contribution in [-0.2, 0) is 0 Å². The molecule has 0 amide bonds. The molecule has 1 aromatic carbocycles. The van der Waals surface area contributed by atoms with Crippen LogP contribution < -0.4 is 10.2 Å². The van der Waals surface area contributed by atoms with Crippen LogP contribution in [0, 0.1) is 11.7 Å². The van der Waals surface area contributed by atoms with Gasteiger partial charge in [-0.3, -0.25) is 4.99 Å². The highest BCUT2D eigenvalue weighted by atomic mass is 127. The van der Waals surface area contributed by atoms with Gasteiger partial charge in [0.25, 0.3) is 0 Å². The second-order valence-corrected chi connectivity index (χ2v) is 7.66. The molecule has 0 aromatic heterocycles. The number of hydrogen-bond acceptors (Lipinski definition) is 3. The lowest BCUT2D eigenvalue weighted by molar-refractivity contribution is 0.184. The van der Waals surface area contributed by atoms with Crippen molar-refractivity contribution in [1.82, 2.24) is 15.1 Å². The summed E-state index contributed by atoms with van der Waals surface area (Å²) in [6, 6.07) is 6.80. The Labute approximate surface area is 186 Å². The summed E-state index contributed by atoms with van der Waals surface area (Å²) in [6.45, 7) is 10.7. The number of halogens is 2. The Morgan fingerprint density at radius 1 is 1.07 bits per heavy atom. The molecule has 0 saturated carbocycles. The molecular formula is C21H35FIN5. The normalized spacial score (nSPS) is 19.5. The van der Waals surface area contributed by atoms with Crippen LogP contribution in [0.2, 0.25) is 0 Å². The first-order valence-electron chi connectivity index (χ1n) is 10.4. The highest BCUT2D eigenvalue weighted by molar-refractivity contribution is 14.0. The summed E-state index contributed by atoms with van der Waals surface area (Å²) < 4.78 is 13.1. The summed E-state index contributed by atoms with van der Waals surface area (Å²) in [5.74, 6) is 1.59. The van der Waals surface area contributed by atoms with Gasteiger partial charge < -0.3 is 20.0 Å². The fourth-order valence-electron chi connectivity index (χ4n) is 4.13. The molecule has 0 atom stereocenters. The molecule has 2 fully saturated rings. The molecule has 2 heterocycles. The maximum absolute atomic E-state index is 13.1. The summed E-state index contributed by atoms with van der Waals surface area (Å²) >= 11 is 0. The SMILES string of the molecule is CCCN1CCC(CNC(=NC)N2CCN(c3ccc(F)cc3)CC2)CC1.I. The number of benzene rings is 1. The lowest BCUT2D eigenvalue weighted by Gasteiger charge is -2.38. The van der Waals surface area contributed by atoms with E-state index in [0.717, 1.165) is 50.3 Å². The standard InChI is InChI=1S/C21H34FN5.HI/c1-3-10-25-11-8-18(9-12-25)17-24-21(23-2)27-15-13-26(14-16-27)20-6-4-19(22)5-7-20;/h4-7,18H,3,8-17H2,1-2H3,(H,23,24);1H. The summed E-state index contributed by atoms with van der Waals surface area (Å²) in [5, 5.41) is 3.61. The molecule has 2 aliphatic heterocycles. The van der Waals surface area contributed by atoms with Crippen LogP contribution in [-0.4, -0.2) is 75.2 Å². The molecule has 2 saturated heterocycles. The van der Waals surface area contributed by atoms with Crippen LogP contribution in [0.3, 0.4) is 0 Å². The monoisotopic (exact) mass is 503 g/mol. The van der Waals surface area contributed by atoms with Crippen molar-refractivity contribution in [1.29, 1.82) is 0 Å². The lowest BCUT2D eigenvalue weighted by Crippen LogP contribution is -2.53. The summed E-state index contributed by atoms with van der Waals surface area (Å²) in [4.78, 5) is 11.7. The van der Waals surface area contributed by atoms with Gasteiger partial charge in [0, 0.05) is 45.5 Å². The highest BCUT2D eigenvalue weighted by Crippen LogP contribution is 2.18. The minimum Gasteiger partial charge on any atom is -0.368 e. The van der Waals surface area contributed by atoms with Crippen molar-refractivity contribution in [3.63, 3.8) is 0 Å². The maximum Gasteiger partial charge on any atom is 0.193 e. The van der Waals surface area contributed by atoms with E-state index >= 15 is 0 Å². The van der Waals surface area contributed by atoms with E-state index in [-0.39, 0.29) is 29.8 Å². The third-order valence-electron chi connectivity index (χ3n) is 5.78. The number of rotatable bonds is 5. The first kappa shape index (κ1) is 23.2. The molecule has 0 bridgehead atoms. The molecule has 0 radical (unpaired) electrons. The van der Waals surface area contributed by atoms with Gasteiger partial charge in [-0.2, -0.15) is 0 Å². The second-order valence-electron chi connectivity index (χ2n) is 7.66. The van der Waals surface area contributed by atoms with Crippen LogP contribution in [0.25, 0.3) is 0 Å². The predicted octanol–water partition coefficient (Wildman–Crippen LogP) is 3.26. The Hall–Kier alpha value is -1.09. The van der Waals surface area contributed by atoms with Crippen molar-refractivity contribution in [2.45, 2.75) is 26.2 Å². The Morgan fingerprint density at radius 3 is 2.29 bits per heavy atom. The fourth-order valence-corrected chi connectivity index (χ4v) is 4.13. The molecular weight excluding hydrogens is 468 g/mol. The Balaban J connectivity index is 0.00000280. The molecule has 28 heavy (non-hydrogen) atoms. The molecule has 1 N–H and O–H groups in total. The Morgan fingerprint density at radius 2 is 1.71 bits per heavy atom. The number of piperazine rings is 1. The molecule has 0 unspecified atom stereocenters. The second kappa shape index (κ2) is 11.8. The van der Waals surface area contributed by atoms with Crippen LogP contribution in [0.5, 0.6) is 0 Å². The van der Waals surface area contributed by atoms with Crippen molar-refractivity contribution in [2.75, 3.05) is 64.3 Å². The molecule has 2 aliphatic rings. The topological polar surface area (TPSA) is 34.1 Å². The van der Waals surface area contributed by atoms with Crippen LogP contribution in [0.4, 0.5) is 10.1 Å². The number of anilines is 1. The first-order chi connectivity index (χ1) is 13.2. The zero-order chi connectivity index (χ0) is 19.1. The number of hydrogen-bond donors (Lipinski definition) is 1. The number of guanidine groups is 1. The van der Waals surface area contributed by atoms with Gasteiger partial charge in [0.15, 0.2) is 5.96 Å². The van der Waals surface area contributed by atoms with Gasteiger partial charge in [0.1, 0.15) is 5.82 Å². The third kappa shape index (κ3) is 6.47. The molecule has 0 aliphatic carbocycles. The van der Waals surface area contributed by atoms with Gasteiger partial charge in [-0.1, -0.05) is 6.92 Å². The van der Waals surface area contributed by atoms with E-state index in [1.165, 1.54) is 51.0 Å². The fraction of sp³-hybridized carbons (Fsp3) is 0.667. The zero-order valence-electron chi connectivity index (χ0n) is 17.2. The summed E-state index contributed by atoms with van der Waals surface area (Å²) in [5.41, 5.74) is 1.10. The van der Waals surface area contributed by atoms with Gasteiger partial charge in [-0.15, -0.1) is 24.0 Å². The Bertz CT molecular complexity index is 593. The van der Waals surface area contributed by atoms with Crippen molar-refractivity contribution < 1.29 is 4.39 Å². The van der Waals surface area contributed by atoms with Gasteiger partial charge in [0.2, 0.25) is 0 Å². The van der Waals surface area contributed by atoms with Gasteiger partial charge >= 0.3 is 0 Å². The quantitative estimate of drug-likeness (QED) is 0.380. The van der Waals surface area contributed by atoms with Gasteiger partial charge in [-0.05, 0) is 69.1 Å². The van der Waals surface area contributed by atoms with Crippen molar-refractivity contribution in [2.24, 2.45) is 10.9 Å². The molecule has 3 rings (SSSR count). The minimum atomic E-state index is -0.178. The number of aliphatic imine (C=N–C) groups is 1. The molecule has 1 aromatic rings. The number of likely N-dealkylation sites (tertiary alicyclic amines) is 1. The van der Waals surface area contributed by atoms with Crippen LogP contribution in [0.1, 0.15) is 26.2 Å². The summed E-state index contributed by atoms with van der Waals surface area (Å²) in [7, 11) is 1.87. The van der Waals surface area contributed by atoms with E-state index < -0.39 is 0 Å². The first-order valence-corrected chi connectivity index (χ1v) is 10.4. The van der Waals surface area contributed by atoms with Gasteiger partial charge in [-0.25, -0.2) is 4.39 Å². The smallest absolute Gasteiger partial charge is 0.193 e. The average molecular weight is 503 g/mol. The van der Waals surface area contributed by atoms with Crippen molar-refractivity contribution in [3.8, 4) is 0 Å². The highest BCUT2D eigenvalue weighted by Gasteiger charge is 2.22. The molecule has 0 spiro atoms. The van der Waals surface area contributed by atoms with E-state index in [1.807, 2.05) is 19.2 Å². The van der Waals surface area contributed by atoms with Crippen LogP contribution in [0.15, 0.2) is 29.3 Å². The van der Waals surface area contributed by atoms with Crippen molar-refractivity contribution >= 4 is 35.6 Å². The van der Waals surface area contributed by atoms with Crippen molar-refractivity contribution in [3.05, 3.63) is 30.1 Å². The minimum absolute atomic E-state index is 0. The van der Waals surface area contributed by atoms with E-state index in [0.29, 0.717) is 0 Å². The summed E-state index contributed by atoms with van der Waals surface area (Å²) in [6.07, 6.45) is 3.81. The van der Waals surface area contributed by atoms with E-state index in [1.54, 1.807) is 0 Å². The largest absolute Gasteiger partial charge is 0.368 e. The molecule has 7 heteroatoms. The van der Waals surface area contributed by atoms with Crippen LogP contribution >= 0.6 is 24.0 Å². The maximum atomic E-state index is 13.1. The number of nitrogens with zero attached hydrogens (tertiary/aromatic N) is 4. The molecule has 158 valence electrons. The zero-order valence-corrected chi connectivity index (χ0v) is 19.6. The Kier molecular flexibility index (Phi) is 9.77. The van der Waals surface area contributed by atoms with E-state index in [9.17, 15) is 4.39 Å². The predicted molar refractivity (Wildman–Crippen MR) is 126 cm³/mol. The van der Waals surface area contributed by atoms with E-state index in [2.05, 4.69) is 31.9 Å². The average Bonchev–Trinajstić information content (AvgIpc) is 2.71. The number of nitrogens with one attached hydrogen (secondary N) is 1.